The lowest BCUT2D eigenvalue weighted by Crippen LogP contribution is -2.38. The molecule has 4 nitrogen and oxygen atoms in total. The van der Waals surface area contributed by atoms with Crippen LogP contribution in [0.4, 0.5) is 5.69 Å². The van der Waals surface area contributed by atoms with Gasteiger partial charge in [-0.15, -0.1) is 0 Å². The molecule has 1 atom stereocenters. The second-order valence-electron chi connectivity index (χ2n) is 4.14. The zero-order valence-electron chi connectivity index (χ0n) is 9.69. The van der Waals surface area contributed by atoms with Gasteiger partial charge in [-0.25, -0.2) is 0 Å². The maximum atomic E-state index is 11.8. The van der Waals surface area contributed by atoms with Gasteiger partial charge in [0.05, 0.1) is 11.4 Å². The molecule has 0 aliphatic carbocycles. The van der Waals surface area contributed by atoms with E-state index in [0.29, 0.717) is 5.71 Å². The van der Waals surface area contributed by atoms with E-state index in [1.165, 1.54) is 10.6 Å². The van der Waals surface area contributed by atoms with Crippen LogP contribution in [0.1, 0.15) is 18.1 Å². The predicted octanol–water partition coefficient (Wildman–Crippen LogP) is 1.35. The monoisotopic (exact) mass is 217 g/mol. The van der Waals surface area contributed by atoms with E-state index in [4.69, 9.17) is 5.73 Å². The number of rotatable bonds is 1. The lowest BCUT2D eigenvalue weighted by atomic mass is 10.1. The van der Waals surface area contributed by atoms with Crippen LogP contribution in [0.15, 0.2) is 23.3 Å². The SMILES string of the molecule is CC1=NN(c2ccc(C)c(C)c2)C(=O)C1N. The van der Waals surface area contributed by atoms with Crippen molar-refractivity contribution in [3.05, 3.63) is 29.3 Å². The number of hydrogen-bond acceptors (Lipinski definition) is 3. The molecule has 0 saturated heterocycles. The van der Waals surface area contributed by atoms with Gasteiger partial charge in [0.15, 0.2) is 0 Å². The van der Waals surface area contributed by atoms with Gasteiger partial charge in [0.2, 0.25) is 0 Å². The third-order valence-electron chi connectivity index (χ3n) is 2.92. The highest BCUT2D eigenvalue weighted by molar-refractivity contribution is 6.17. The molecule has 1 aliphatic rings. The van der Waals surface area contributed by atoms with Gasteiger partial charge in [0.25, 0.3) is 5.91 Å². The summed E-state index contributed by atoms with van der Waals surface area (Å²) >= 11 is 0. The molecule has 0 aromatic heterocycles. The van der Waals surface area contributed by atoms with E-state index in [-0.39, 0.29) is 5.91 Å². The lowest BCUT2D eigenvalue weighted by molar-refractivity contribution is -0.117. The number of carbonyl (C=O) groups is 1. The van der Waals surface area contributed by atoms with E-state index in [1.54, 1.807) is 6.92 Å². The van der Waals surface area contributed by atoms with Gasteiger partial charge in [-0.1, -0.05) is 6.07 Å². The van der Waals surface area contributed by atoms with Crippen LogP contribution in [0, 0.1) is 13.8 Å². The number of benzene rings is 1. The van der Waals surface area contributed by atoms with Crippen molar-refractivity contribution in [3.8, 4) is 0 Å². The average molecular weight is 217 g/mol. The van der Waals surface area contributed by atoms with E-state index in [1.807, 2.05) is 32.0 Å². The summed E-state index contributed by atoms with van der Waals surface area (Å²) in [5.41, 5.74) is 9.46. The molecule has 0 fully saturated rings. The Morgan fingerprint density at radius 1 is 1.25 bits per heavy atom. The number of aryl methyl sites for hydroxylation is 2. The van der Waals surface area contributed by atoms with Crippen molar-refractivity contribution in [2.45, 2.75) is 26.8 Å². The van der Waals surface area contributed by atoms with Gasteiger partial charge in [-0.05, 0) is 44.0 Å². The minimum atomic E-state index is -0.596. The molecule has 0 spiro atoms. The minimum absolute atomic E-state index is 0.166. The summed E-state index contributed by atoms with van der Waals surface area (Å²) in [5.74, 6) is -0.166. The molecule has 16 heavy (non-hydrogen) atoms. The molecule has 1 aliphatic heterocycles. The summed E-state index contributed by atoms with van der Waals surface area (Å²) in [7, 11) is 0. The number of nitrogens with two attached hydrogens (primary N) is 1. The molecular formula is C12H15N3O. The fourth-order valence-corrected chi connectivity index (χ4v) is 1.62. The second kappa shape index (κ2) is 3.72. The summed E-state index contributed by atoms with van der Waals surface area (Å²) in [6, 6.07) is 5.21. The lowest BCUT2D eigenvalue weighted by Gasteiger charge is -2.14. The van der Waals surface area contributed by atoms with Crippen LogP contribution >= 0.6 is 0 Å². The second-order valence-corrected chi connectivity index (χ2v) is 4.14. The summed E-state index contributed by atoms with van der Waals surface area (Å²) in [4.78, 5) is 11.8. The Labute approximate surface area is 94.7 Å². The summed E-state index contributed by atoms with van der Waals surface area (Å²) in [6.07, 6.45) is 0. The molecule has 4 heteroatoms. The third-order valence-corrected chi connectivity index (χ3v) is 2.92. The maximum absolute atomic E-state index is 11.8. The van der Waals surface area contributed by atoms with Crippen molar-refractivity contribution in [3.63, 3.8) is 0 Å². The minimum Gasteiger partial charge on any atom is -0.315 e. The molecule has 84 valence electrons. The first-order valence-electron chi connectivity index (χ1n) is 5.22. The van der Waals surface area contributed by atoms with E-state index in [2.05, 4.69) is 5.10 Å². The molecule has 0 radical (unpaired) electrons. The van der Waals surface area contributed by atoms with Crippen molar-refractivity contribution in [1.29, 1.82) is 0 Å². The topological polar surface area (TPSA) is 58.7 Å². The fraction of sp³-hybridized carbons (Fsp3) is 0.333. The Kier molecular flexibility index (Phi) is 2.52. The van der Waals surface area contributed by atoms with Crippen molar-refractivity contribution in [2.24, 2.45) is 10.8 Å². The number of hydrazone groups is 1. The number of amides is 1. The molecule has 1 unspecified atom stereocenters. The number of carbonyl (C=O) groups excluding carboxylic acids is 1. The molecule has 1 amide bonds. The smallest absolute Gasteiger partial charge is 0.270 e. The maximum Gasteiger partial charge on any atom is 0.270 e. The molecule has 0 saturated carbocycles. The molecule has 1 heterocycles. The van der Waals surface area contributed by atoms with Crippen LogP contribution in [-0.4, -0.2) is 17.7 Å². The van der Waals surface area contributed by atoms with Crippen molar-refractivity contribution in [2.75, 3.05) is 5.01 Å². The average Bonchev–Trinajstić information content (AvgIpc) is 2.50. The molecular weight excluding hydrogens is 202 g/mol. The summed E-state index contributed by atoms with van der Waals surface area (Å²) < 4.78 is 0. The van der Waals surface area contributed by atoms with E-state index in [9.17, 15) is 4.79 Å². The zero-order valence-corrected chi connectivity index (χ0v) is 9.69. The van der Waals surface area contributed by atoms with Crippen molar-refractivity contribution < 1.29 is 4.79 Å². The van der Waals surface area contributed by atoms with Crippen molar-refractivity contribution >= 4 is 17.3 Å². The highest BCUT2D eigenvalue weighted by atomic mass is 16.2. The van der Waals surface area contributed by atoms with Crippen LogP contribution < -0.4 is 10.7 Å². The first-order chi connectivity index (χ1) is 7.50. The Balaban J connectivity index is 2.39. The van der Waals surface area contributed by atoms with Gasteiger partial charge in [0.1, 0.15) is 6.04 Å². The molecule has 1 aromatic carbocycles. The Hall–Kier alpha value is -1.68. The number of anilines is 1. The first kappa shape index (κ1) is 10.8. The van der Waals surface area contributed by atoms with Crippen LogP contribution in [-0.2, 0) is 4.79 Å². The van der Waals surface area contributed by atoms with Crippen LogP contribution in [0.3, 0.4) is 0 Å². The van der Waals surface area contributed by atoms with E-state index >= 15 is 0 Å². The van der Waals surface area contributed by atoms with Gasteiger partial charge in [-0.2, -0.15) is 10.1 Å². The van der Waals surface area contributed by atoms with Gasteiger partial charge in [0, 0.05) is 0 Å². The molecule has 1 aromatic rings. The molecule has 2 N–H and O–H groups in total. The van der Waals surface area contributed by atoms with E-state index < -0.39 is 6.04 Å². The van der Waals surface area contributed by atoms with Gasteiger partial charge in [-0.3, -0.25) is 4.79 Å². The van der Waals surface area contributed by atoms with Crippen LogP contribution in [0.2, 0.25) is 0 Å². The highest BCUT2D eigenvalue weighted by Gasteiger charge is 2.31. The largest absolute Gasteiger partial charge is 0.315 e. The molecule has 2 rings (SSSR count). The van der Waals surface area contributed by atoms with Gasteiger partial charge < -0.3 is 5.73 Å². The molecule has 0 bridgehead atoms. The fourth-order valence-electron chi connectivity index (χ4n) is 1.62. The predicted molar refractivity (Wildman–Crippen MR) is 64.5 cm³/mol. The van der Waals surface area contributed by atoms with Crippen LogP contribution in [0.5, 0.6) is 0 Å². The Morgan fingerprint density at radius 3 is 2.44 bits per heavy atom. The quantitative estimate of drug-likeness (QED) is 0.772. The van der Waals surface area contributed by atoms with Crippen LogP contribution in [0.25, 0.3) is 0 Å². The Bertz CT molecular complexity index is 479. The first-order valence-corrected chi connectivity index (χ1v) is 5.22. The standard InChI is InChI=1S/C12H15N3O/c1-7-4-5-10(6-8(7)2)15-12(16)11(13)9(3)14-15/h4-6,11H,13H2,1-3H3. The highest BCUT2D eigenvalue weighted by Crippen LogP contribution is 2.22. The zero-order chi connectivity index (χ0) is 11.9. The summed E-state index contributed by atoms with van der Waals surface area (Å²) in [5, 5.41) is 5.55. The third kappa shape index (κ3) is 1.61. The normalized spacial score (nSPS) is 20.2. The number of nitrogens with zero attached hydrogens (tertiary/aromatic N) is 2. The number of hydrogen-bond donors (Lipinski definition) is 1. The summed E-state index contributed by atoms with van der Waals surface area (Å²) in [6.45, 7) is 5.81. The van der Waals surface area contributed by atoms with Crippen molar-refractivity contribution in [1.82, 2.24) is 0 Å². The van der Waals surface area contributed by atoms with E-state index in [0.717, 1.165) is 11.3 Å². The van der Waals surface area contributed by atoms with Gasteiger partial charge >= 0.3 is 0 Å². The Morgan fingerprint density at radius 2 is 1.94 bits per heavy atom.